The summed E-state index contributed by atoms with van der Waals surface area (Å²) in [6.45, 7) is 3.21. The van der Waals surface area contributed by atoms with Gasteiger partial charge in [0.1, 0.15) is 5.75 Å². The molecule has 1 aromatic rings. The van der Waals surface area contributed by atoms with Gasteiger partial charge in [-0.15, -0.1) is 0 Å². The van der Waals surface area contributed by atoms with Crippen LogP contribution in [0.25, 0.3) is 0 Å². The number of unbranched alkanes of at least 4 members (excludes halogenated alkanes) is 1. The first kappa shape index (κ1) is 15.4. The number of carbonyl (C=O) groups is 2. The molecule has 114 valence electrons. The standard InChI is InChI=1S/C16H22N2O3/c1-3-4-9-17-16(20)12-10-15(19)18(11-12)13-5-7-14(21-2)8-6-13/h5-8,12H,3-4,9-11H2,1-2H3,(H,17,20). The van der Waals surface area contributed by atoms with E-state index in [0.29, 0.717) is 13.1 Å². The lowest BCUT2D eigenvalue weighted by Gasteiger charge is -2.17. The average molecular weight is 290 g/mol. The second kappa shape index (κ2) is 7.11. The van der Waals surface area contributed by atoms with Gasteiger partial charge in [0.05, 0.1) is 13.0 Å². The van der Waals surface area contributed by atoms with Crippen molar-refractivity contribution < 1.29 is 14.3 Å². The van der Waals surface area contributed by atoms with Crippen molar-refractivity contribution in [2.75, 3.05) is 25.1 Å². The van der Waals surface area contributed by atoms with Gasteiger partial charge in [0, 0.05) is 25.2 Å². The maximum atomic E-state index is 12.1. The van der Waals surface area contributed by atoms with Gasteiger partial charge in [0.2, 0.25) is 11.8 Å². The number of methoxy groups -OCH3 is 1. The number of anilines is 1. The van der Waals surface area contributed by atoms with Crippen LogP contribution in [0.5, 0.6) is 5.75 Å². The van der Waals surface area contributed by atoms with Crippen molar-refractivity contribution >= 4 is 17.5 Å². The zero-order chi connectivity index (χ0) is 15.2. The van der Waals surface area contributed by atoms with Gasteiger partial charge in [-0.05, 0) is 30.7 Å². The lowest BCUT2D eigenvalue weighted by molar-refractivity contribution is -0.126. The molecule has 1 heterocycles. The van der Waals surface area contributed by atoms with E-state index in [4.69, 9.17) is 4.74 Å². The Morgan fingerprint density at radius 3 is 2.71 bits per heavy atom. The molecule has 0 bridgehead atoms. The molecule has 0 aromatic heterocycles. The van der Waals surface area contributed by atoms with E-state index in [0.717, 1.165) is 24.3 Å². The number of nitrogens with zero attached hydrogens (tertiary/aromatic N) is 1. The summed E-state index contributed by atoms with van der Waals surface area (Å²) in [5.41, 5.74) is 0.810. The van der Waals surface area contributed by atoms with Crippen molar-refractivity contribution in [1.82, 2.24) is 5.32 Å². The van der Waals surface area contributed by atoms with E-state index in [-0.39, 0.29) is 24.2 Å². The van der Waals surface area contributed by atoms with E-state index in [1.165, 1.54) is 0 Å². The number of amides is 2. The third-order valence-corrected chi connectivity index (χ3v) is 3.71. The van der Waals surface area contributed by atoms with Crippen LogP contribution in [-0.2, 0) is 9.59 Å². The van der Waals surface area contributed by atoms with Crippen molar-refractivity contribution in [2.45, 2.75) is 26.2 Å². The fraction of sp³-hybridized carbons (Fsp3) is 0.500. The SMILES string of the molecule is CCCCNC(=O)C1CC(=O)N(c2ccc(OC)cc2)C1. The number of carbonyl (C=O) groups excluding carboxylic acids is 2. The van der Waals surface area contributed by atoms with Gasteiger partial charge in [0.15, 0.2) is 0 Å². The molecule has 5 heteroatoms. The van der Waals surface area contributed by atoms with Gasteiger partial charge in [-0.1, -0.05) is 13.3 Å². The van der Waals surface area contributed by atoms with Crippen molar-refractivity contribution in [3.8, 4) is 5.75 Å². The van der Waals surface area contributed by atoms with Crippen LogP contribution in [0, 0.1) is 5.92 Å². The monoisotopic (exact) mass is 290 g/mol. The van der Waals surface area contributed by atoms with Gasteiger partial charge < -0.3 is 15.0 Å². The van der Waals surface area contributed by atoms with Crippen molar-refractivity contribution in [2.24, 2.45) is 5.92 Å². The molecule has 0 radical (unpaired) electrons. The van der Waals surface area contributed by atoms with Crippen LogP contribution >= 0.6 is 0 Å². The minimum atomic E-state index is -0.253. The Kier molecular flexibility index (Phi) is 5.20. The highest BCUT2D eigenvalue weighted by Gasteiger charge is 2.34. The van der Waals surface area contributed by atoms with E-state index in [1.807, 2.05) is 24.3 Å². The molecule has 1 aromatic carbocycles. The molecule has 2 amide bonds. The molecule has 1 saturated heterocycles. The smallest absolute Gasteiger partial charge is 0.227 e. The molecule has 0 saturated carbocycles. The second-order valence-electron chi connectivity index (χ2n) is 5.25. The summed E-state index contributed by atoms with van der Waals surface area (Å²) in [5.74, 6) is 0.472. The summed E-state index contributed by atoms with van der Waals surface area (Å²) in [5, 5.41) is 2.90. The molecule has 1 aliphatic rings. The van der Waals surface area contributed by atoms with Crippen molar-refractivity contribution in [3.63, 3.8) is 0 Å². The van der Waals surface area contributed by atoms with Gasteiger partial charge in [0.25, 0.3) is 0 Å². The lowest BCUT2D eigenvalue weighted by atomic mass is 10.1. The Morgan fingerprint density at radius 2 is 2.10 bits per heavy atom. The molecule has 1 N–H and O–H groups in total. The Bertz CT molecular complexity index is 499. The van der Waals surface area contributed by atoms with Crippen LogP contribution in [0.15, 0.2) is 24.3 Å². The van der Waals surface area contributed by atoms with Crippen molar-refractivity contribution in [1.29, 1.82) is 0 Å². The maximum Gasteiger partial charge on any atom is 0.227 e. The predicted molar refractivity (Wildman–Crippen MR) is 81.4 cm³/mol. The van der Waals surface area contributed by atoms with Crippen LogP contribution < -0.4 is 15.0 Å². The van der Waals surface area contributed by atoms with Crippen LogP contribution in [0.4, 0.5) is 5.69 Å². The maximum absolute atomic E-state index is 12.1. The molecule has 1 aliphatic heterocycles. The van der Waals surface area contributed by atoms with Crippen molar-refractivity contribution in [3.05, 3.63) is 24.3 Å². The molecule has 0 aliphatic carbocycles. The van der Waals surface area contributed by atoms with E-state index in [1.54, 1.807) is 12.0 Å². The molecule has 21 heavy (non-hydrogen) atoms. The highest BCUT2D eigenvalue weighted by atomic mass is 16.5. The predicted octanol–water partition coefficient (Wildman–Crippen LogP) is 1.96. The molecule has 1 fully saturated rings. The van der Waals surface area contributed by atoms with Gasteiger partial charge >= 0.3 is 0 Å². The first-order chi connectivity index (χ1) is 10.2. The third kappa shape index (κ3) is 3.74. The molecule has 2 rings (SSSR count). The highest BCUT2D eigenvalue weighted by Crippen LogP contribution is 2.26. The Balaban J connectivity index is 1.96. The van der Waals surface area contributed by atoms with Gasteiger partial charge in [-0.2, -0.15) is 0 Å². The van der Waals surface area contributed by atoms with Crippen LogP contribution in [0.3, 0.4) is 0 Å². The number of nitrogens with one attached hydrogen (secondary N) is 1. The van der Waals surface area contributed by atoms with E-state index in [9.17, 15) is 9.59 Å². The van der Waals surface area contributed by atoms with Gasteiger partial charge in [-0.25, -0.2) is 0 Å². The van der Waals surface area contributed by atoms with E-state index >= 15 is 0 Å². The zero-order valence-corrected chi connectivity index (χ0v) is 12.6. The Hall–Kier alpha value is -2.04. The molecule has 5 nitrogen and oxygen atoms in total. The minimum Gasteiger partial charge on any atom is -0.497 e. The summed E-state index contributed by atoms with van der Waals surface area (Å²) in [7, 11) is 1.60. The Morgan fingerprint density at radius 1 is 1.38 bits per heavy atom. The highest BCUT2D eigenvalue weighted by molar-refractivity contribution is 6.00. The number of hydrogen-bond donors (Lipinski definition) is 1. The Labute approximate surface area is 125 Å². The number of hydrogen-bond acceptors (Lipinski definition) is 3. The van der Waals surface area contributed by atoms with Crippen LogP contribution in [0.2, 0.25) is 0 Å². The molecule has 0 spiro atoms. The summed E-state index contributed by atoms with van der Waals surface area (Å²) in [6.07, 6.45) is 2.29. The summed E-state index contributed by atoms with van der Waals surface area (Å²) in [6, 6.07) is 7.32. The molecular formula is C16H22N2O3. The fourth-order valence-corrected chi connectivity index (χ4v) is 2.43. The fourth-order valence-electron chi connectivity index (χ4n) is 2.43. The quantitative estimate of drug-likeness (QED) is 0.815. The van der Waals surface area contributed by atoms with E-state index in [2.05, 4.69) is 12.2 Å². The lowest BCUT2D eigenvalue weighted by Crippen LogP contribution is -2.33. The van der Waals surface area contributed by atoms with E-state index < -0.39 is 0 Å². The summed E-state index contributed by atoms with van der Waals surface area (Å²) in [4.78, 5) is 25.8. The third-order valence-electron chi connectivity index (χ3n) is 3.71. The number of rotatable bonds is 6. The zero-order valence-electron chi connectivity index (χ0n) is 12.6. The van der Waals surface area contributed by atoms with Gasteiger partial charge in [-0.3, -0.25) is 9.59 Å². The molecule has 1 unspecified atom stereocenters. The first-order valence-electron chi connectivity index (χ1n) is 7.37. The number of ether oxygens (including phenoxy) is 1. The van der Waals surface area contributed by atoms with Crippen LogP contribution in [-0.4, -0.2) is 32.0 Å². The second-order valence-corrected chi connectivity index (χ2v) is 5.25. The largest absolute Gasteiger partial charge is 0.497 e. The summed E-state index contributed by atoms with van der Waals surface area (Å²) >= 11 is 0. The average Bonchev–Trinajstić information content (AvgIpc) is 2.89. The first-order valence-corrected chi connectivity index (χ1v) is 7.37. The summed E-state index contributed by atoms with van der Waals surface area (Å²) < 4.78 is 5.11. The molecule has 1 atom stereocenters. The normalized spacial score (nSPS) is 17.9. The topological polar surface area (TPSA) is 58.6 Å². The number of benzene rings is 1. The minimum absolute atomic E-state index is 0.00388. The van der Waals surface area contributed by atoms with Crippen LogP contribution in [0.1, 0.15) is 26.2 Å². The molecular weight excluding hydrogens is 268 g/mol.